The van der Waals surface area contributed by atoms with Gasteiger partial charge in [-0.05, 0) is 41.8 Å². The van der Waals surface area contributed by atoms with Crippen molar-refractivity contribution in [1.29, 1.82) is 0 Å². The SMILES string of the molecule is CCc1cc2oc(=O)cc(COC(=O)c3ccc(CO)cc3)c2cc1Cl. The Balaban J connectivity index is 1.87. The van der Waals surface area contributed by atoms with Crippen molar-refractivity contribution in [3.05, 3.63) is 80.2 Å². The van der Waals surface area contributed by atoms with E-state index < -0.39 is 11.6 Å². The molecule has 2 aromatic carbocycles. The maximum Gasteiger partial charge on any atom is 0.338 e. The molecule has 1 heterocycles. The second kappa shape index (κ2) is 7.72. The number of carbonyl (C=O) groups is 1. The monoisotopic (exact) mass is 372 g/mol. The molecule has 0 fully saturated rings. The zero-order chi connectivity index (χ0) is 18.7. The molecule has 3 rings (SSSR count). The highest BCUT2D eigenvalue weighted by Crippen LogP contribution is 2.26. The zero-order valence-corrected chi connectivity index (χ0v) is 14.9. The fraction of sp³-hybridized carbons (Fsp3) is 0.200. The molecule has 6 heteroatoms. The number of carbonyl (C=O) groups excluding carboxylic acids is 1. The van der Waals surface area contributed by atoms with Crippen molar-refractivity contribution in [2.75, 3.05) is 0 Å². The maximum absolute atomic E-state index is 12.2. The molecule has 0 aliphatic carbocycles. The fourth-order valence-electron chi connectivity index (χ4n) is 2.65. The van der Waals surface area contributed by atoms with Gasteiger partial charge in [-0.3, -0.25) is 0 Å². The van der Waals surface area contributed by atoms with E-state index in [1.807, 2.05) is 6.92 Å². The van der Waals surface area contributed by atoms with Crippen molar-refractivity contribution < 1.29 is 19.1 Å². The average molecular weight is 373 g/mol. The maximum atomic E-state index is 12.2. The van der Waals surface area contributed by atoms with Gasteiger partial charge in [0.15, 0.2) is 0 Å². The Morgan fingerprint density at radius 2 is 1.88 bits per heavy atom. The summed E-state index contributed by atoms with van der Waals surface area (Å²) in [6.45, 7) is 1.78. The predicted molar refractivity (Wildman–Crippen MR) is 98.4 cm³/mol. The Labute approximate surface area is 154 Å². The van der Waals surface area contributed by atoms with Crippen molar-refractivity contribution in [3.8, 4) is 0 Å². The smallest absolute Gasteiger partial charge is 0.338 e. The molecule has 3 aromatic rings. The first-order valence-electron chi connectivity index (χ1n) is 8.14. The molecule has 0 aliphatic rings. The highest BCUT2D eigenvalue weighted by molar-refractivity contribution is 6.32. The summed E-state index contributed by atoms with van der Waals surface area (Å²) in [5.74, 6) is -0.521. The Kier molecular flexibility index (Phi) is 5.40. The molecule has 0 saturated carbocycles. The number of aliphatic hydroxyl groups excluding tert-OH is 1. The minimum atomic E-state index is -0.521. The van der Waals surface area contributed by atoms with E-state index in [0.717, 1.165) is 5.56 Å². The van der Waals surface area contributed by atoms with Crippen molar-refractivity contribution in [1.82, 2.24) is 0 Å². The van der Waals surface area contributed by atoms with Gasteiger partial charge in [-0.15, -0.1) is 0 Å². The molecule has 1 N–H and O–H groups in total. The van der Waals surface area contributed by atoms with Gasteiger partial charge < -0.3 is 14.3 Å². The largest absolute Gasteiger partial charge is 0.457 e. The van der Waals surface area contributed by atoms with Gasteiger partial charge in [0.2, 0.25) is 0 Å². The Hall–Kier alpha value is -2.63. The van der Waals surface area contributed by atoms with Crippen molar-refractivity contribution in [2.24, 2.45) is 0 Å². The van der Waals surface area contributed by atoms with E-state index in [0.29, 0.717) is 39.1 Å². The zero-order valence-electron chi connectivity index (χ0n) is 14.1. The highest BCUT2D eigenvalue weighted by atomic mass is 35.5. The first kappa shape index (κ1) is 18.2. The van der Waals surface area contributed by atoms with Crippen LogP contribution in [0.3, 0.4) is 0 Å². The normalized spacial score (nSPS) is 10.9. The minimum absolute atomic E-state index is 0.0789. The summed E-state index contributed by atoms with van der Waals surface area (Å²) in [5.41, 5.74) is 2.37. The summed E-state index contributed by atoms with van der Waals surface area (Å²) < 4.78 is 10.6. The van der Waals surface area contributed by atoms with Crippen LogP contribution in [0.25, 0.3) is 11.0 Å². The molecule has 0 unspecified atom stereocenters. The topological polar surface area (TPSA) is 76.7 Å². The molecule has 0 saturated heterocycles. The van der Waals surface area contributed by atoms with Gasteiger partial charge in [0.1, 0.15) is 12.2 Å². The predicted octanol–water partition coefficient (Wildman–Crippen LogP) is 3.86. The molecule has 0 spiro atoms. The molecule has 26 heavy (non-hydrogen) atoms. The quantitative estimate of drug-likeness (QED) is 0.543. The average Bonchev–Trinajstić information content (AvgIpc) is 2.65. The first-order valence-corrected chi connectivity index (χ1v) is 8.51. The van der Waals surface area contributed by atoms with Crippen LogP contribution in [0.15, 0.2) is 51.7 Å². The number of aryl methyl sites for hydroxylation is 1. The Bertz CT molecular complexity index is 1010. The first-order chi connectivity index (χ1) is 12.5. The number of aliphatic hydroxyl groups is 1. The second-order valence-corrected chi connectivity index (χ2v) is 6.22. The van der Waals surface area contributed by atoms with Crippen LogP contribution >= 0.6 is 11.6 Å². The van der Waals surface area contributed by atoms with E-state index in [9.17, 15) is 9.59 Å². The molecule has 0 atom stereocenters. The third kappa shape index (κ3) is 3.79. The van der Waals surface area contributed by atoms with Gasteiger partial charge in [0.25, 0.3) is 0 Å². The summed E-state index contributed by atoms with van der Waals surface area (Å²) in [5, 5.41) is 10.2. The lowest BCUT2D eigenvalue weighted by atomic mass is 10.1. The van der Waals surface area contributed by atoms with Crippen LogP contribution < -0.4 is 5.63 Å². The van der Waals surface area contributed by atoms with Gasteiger partial charge >= 0.3 is 11.6 Å². The number of hydrogen-bond acceptors (Lipinski definition) is 5. The molecular weight excluding hydrogens is 356 g/mol. The summed E-state index contributed by atoms with van der Waals surface area (Å²) >= 11 is 6.25. The summed E-state index contributed by atoms with van der Waals surface area (Å²) in [6.07, 6.45) is 0.710. The van der Waals surface area contributed by atoms with E-state index in [-0.39, 0.29) is 13.2 Å². The molecule has 1 aromatic heterocycles. The number of benzene rings is 2. The lowest BCUT2D eigenvalue weighted by molar-refractivity contribution is 0.0473. The van der Waals surface area contributed by atoms with Crippen LogP contribution in [0.1, 0.15) is 34.0 Å². The Morgan fingerprint density at radius 1 is 1.15 bits per heavy atom. The summed E-state index contributed by atoms with van der Waals surface area (Å²) in [4.78, 5) is 24.0. The van der Waals surface area contributed by atoms with Crippen molar-refractivity contribution in [3.63, 3.8) is 0 Å². The molecule has 5 nitrogen and oxygen atoms in total. The van der Waals surface area contributed by atoms with Crippen LogP contribution in [0.5, 0.6) is 0 Å². The minimum Gasteiger partial charge on any atom is -0.457 e. The van der Waals surface area contributed by atoms with Gasteiger partial charge in [-0.2, -0.15) is 0 Å². The van der Waals surface area contributed by atoms with Crippen LogP contribution in [0, 0.1) is 0 Å². The van der Waals surface area contributed by atoms with E-state index >= 15 is 0 Å². The van der Waals surface area contributed by atoms with E-state index in [1.54, 1.807) is 36.4 Å². The second-order valence-electron chi connectivity index (χ2n) is 5.82. The molecule has 0 bridgehead atoms. The Morgan fingerprint density at radius 3 is 2.54 bits per heavy atom. The van der Waals surface area contributed by atoms with E-state index in [2.05, 4.69) is 0 Å². The van der Waals surface area contributed by atoms with Crippen molar-refractivity contribution >= 4 is 28.5 Å². The number of hydrogen-bond donors (Lipinski definition) is 1. The number of halogens is 1. The molecule has 0 aliphatic heterocycles. The van der Waals surface area contributed by atoms with Crippen LogP contribution in [-0.4, -0.2) is 11.1 Å². The summed E-state index contributed by atoms with van der Waals surface area (Å²) in [6, 6.07) is 11.2. The number of rotatable bonds is 5. The van der Waals surface area contributed by atoms with Gasteiger partial charge in [0, 0.05) is 22.0 Å². The molecule has 0 radical (unpaired) electrons. The number of fused-ring (bicyclic) bond motifs is 1. The standard InChI is InChI=1S/C20H17ClO5/c1-2-13-7-18-16(9-17(13)21)15(8-19(23)26-18)11-25-20(24)14-5-3-12(10-22)4-6-14/h3-9,22H,2,10-11H2,1H3. The van der Waals surface area contributed by atoms with Gasteiger partial charge in [-0.25, -0.2) is 9.59 Å². The highest BCUT2D eigenvalue weighted by Gasteiger charge is 2.13. The lowest BCUT2D eigenvalue weighted by Gasteiger charge is -2.09. The number of ether oxygens (including phenoxy) is 1. The third-order valence-electron chi connectivity index (χ3n) is 4.11. The third-order valence-corrected chi connectivity index (χ3v) is 4.46. The lowest BCUT2D eigenvalue weighted by Crippen LogP contribution is -2.08. The van der Waals surface area contributed by atoms with Crippen LogP contribution in [-0.2, 0) is 24.4 Å². The van der Waals surface area contributed by atoms with Gasteiger partial charge in [-0.1, -0.05) is 30.7 Å². The van der Waals surface area contributed by atoms with Crippen LogP contribution in [0.2, 0.25) is 5.02 Å². The number of esters is 1. The van der Waals surface area contributed by atoms with E-state index in [1.165, 1.54) is 6.07 Å². The molecular formula is C20H17ClO5. The summed E-state index contributed by atoms with van der Waals surface area (Å²) in [7, 11) is 0. The van der Waals surface area contributed by atoms with Crippen molar-refractivity contribution in [2.45, 2.75) is 26.6 Å². The van der Waals surface area contributed by atoms with E-state index in [4.69, 9.17) is 25.9 Å². The van der Waals surface area contributed by atoms with Crippen LogP contribution in [0.4, 0.5) is 0 Å². The molecule has 0 amide bonds. The molecule has 134 valence electrons. The van der Waals surface area contributed by atoms with Gasteiger partial charge in [0.05, 0.1) is 12.2 Å². The fourth-order valence-corrected chi connectivity index (χ4v) is 2.95.